The Balaban J connectivity index is 1.18. The smallest absolute Gasteiger partial charge is 0.245 e. The van der Waals surface area contributed by atoms with Crippen LogP contribution in [0.15, 0.2) is 54.6 Å². The van der Waals surface area contributed by atoms with Crippen LogP contribution >= 0.6 is 0 Å². The summed E-state index contributed by atoms with van der Waals surface area (Å²) in [7, 11) is 0. The predicted octanol–water partition coefficient (Wildman–Crippen LogP) is 3.00. The number of hydrogen-bond acceptors (Lipinski definition) is 4. The number of carbonyl (C=O) groups excluding carboxylic acids is 2. The lowest BCUT2D eigenvalue weighted by molar-refractivity contribution is -0.146. The lowest BCUT2D eigenvalue weighted by Gasteiger charge is -2.40. The first kappa shape index (κ1) is 21.6. The molecule has 7 heteroatoms. The first-order chi connectivity index (χ1) is 16.0. The van der Waals surface area contributed by atoms with Gasteiger partial charge in [-0.3, -0.25) is 9.59 Å². The van der Waals surface area contributed by atoms with Crippen LogP contribution in [0.5, 0.6) is 0 Å². The van der Waals surface area contributed by atoms with Crippen molar-refractivity contribution in [2.75, 3.05) is 19.6 Å². The van der Waals surface area contributed by atoms with E-state index in [0.717, 1.165) is 28.8 Å². The van der Waals surface area contributed by atoms with Gasteiger partial charge in [-0.15, -0.1) is 0 Å². The molecule has 2 fully saturated rings. The van der Waals surface area contributed by atoms with E-state index in [1.165, 1.54) is 0 Å². The zero-order valence-corrected chi connectivity index (χ0v) is 18.7. The molecule has 0 unspecified atom stereocenters. The lowest BCUT2D eigenvalue weighted by Crippen LogP contribution is -2.52. The van der Waals surface area contributed by atoms with Crippen LogP contribution in [-0.2, 0) is 21.6 Å². The number of piperidine rings is 1. The fraction of sp³-hybridized carbons (Fsp3) is 0.423. The zero-order valence-electron chi connectivity index (χ0n) is 18.7. The van der Waals surface area contributed by atoms with Crippen molar-refractivity contribution < 1.29 is 14.7 Å². The minimum absolute atomic E-state index is 0.00380. The number of amides is 2. The number of hydrogen-bond donors (Lipinski definition) is 2. The van der Waals surface area contributed by atoms with Crippen molar-refractivity contribution in [2.45, 2.75) is 50.2 Å². The molecule has 0 bridgehead atoms. The molecule has 2 amide bonds. The molecule has 33 heavy (non-hydrogen) atoms. The molecule has 2 saturated heterocycles. The van der Waals surface area contributed by atoms with Gasteiger partial charge in [0.1, 0.15) is 11.9 Å². The molecule has 3 heterocycles. The Bertz CT molecular complexity index is 1100. The first-order valence-electron chi connectivity index (χ1n) is 11.8. The lowest BCUT2D eigenvalue weighted by atomic mass is 9.84. The van der Waals surface area contributed by atoms with Gasteiger partial charge in [-0.2, -0.15) is 0 Å². The Morgan fingerprint density at radius 1 is 1.03 bits per heavy atom. The molecule has 0 spiro atoms. The van der Waals surface area contributed by atoms with Crippen LogP contribution < -0.4 is 0 Å². The Labute approximate surface area is 193 Å². The van der Waals surface area contributed by atoms with E-state index in [1.807, 2.05) is 59.5 Å². The number of aromatic amines is 1. The molecule has 0 saturated carbocycles. The molecule has 2 aliphatic rings. The Morgan fingerprint density at radius 3 is 2.52 bits per heavy atom. The molecule has 2 N–H and O–H groups in total. The van der Waals surface area contributed by atoms with E-state index in [2.05, 4.69) is 9.97 Å². The molecule has 2 aromatic carbocycles. The molecule has 1 aromatic heterocycles. The number of para-hydroxylation sites is 2. The minimum atomic E-state index is -0.893. The minimum Gasteiger partial charge on any atom is -0.385 e. The molecule has 0 radical (unpaired) electrons. The van der Waals surface area contributed by atoms with Crippen LogP contribution in [0, 0.1) is 0 Å². The number of aryl methyl sites for hydroxylation is 1. The van der Waals surface area contributed by atoms with Crippen molar-refractivity contribution in [3.63, 3.8) is 0 Å². The molecule has 3 aromatic rings. The van der Waals surface area contributed by atoms with Gasteiger partial charge < -0.3 is 19.9 Å². The van der Waals surface area contributed by atoms with Crippen LogP contribution in [0.1, 0.15) is 43.5 Å². The Kier molecular flexibility index (Phi) is 5.89. The number of H-pyrrole nitrogens is 1. The molecular formula is C26H30N4O3. The fourth-order valence-corrected chi connectivity index (χ4v) is 5.16. The normalized spacial score (nSPS) is 20.3. The van der Waals surface area contributed by atoms with Crippen LogP contribution in [0.25, 0.3) is 11.0 Å². The SMILES string of the molecule is O=C([C@@H]1CCCN1C(=O)CCc1nc2ccccc2[nH]1)N1CCC(O)(c2ccccc2)CC1. The van der Waals surface area contributed by atoms with Crippen molar-refractivity contribution in [2.24, 2.45) is 0 Å². The highest BCUT2D eigenvalue weighted by molar-refractivity contribution is 5.88. The van der Waals surface area contributed by atoms with Gasteiger partial charge in [0, 0.05) is 32.5 Å². The number of likely N-dealkylation sites (tertiary alicyclic amines) is 2. The van der Waals surface area contributed by atoms with E-state index in [4.69, 9.17) is 0 Å². The van der Waals surface area contributed by atoms with Crippen LogP contribution in [0.3, 0.4) is 0 Å². The summed E-state index contributed by atoms with van der Waals surface area (Å²) in [6.45, 7) is 1.63. The zero-order chi connectivity index (χ0) is 22.8. The van der Waals surface area contributed by atoms with E-state index >= 15 is 0 Å². The van der Waals surface area contributed by atoms with Gasteiger partial charge >= 0.3 is 0 Å². The Hall–Kier alpha value is -3.19. The number of fused-ring (bicyclic) bond motifs is 1. The molecular weight excluding hydrogens is 416 g/mol. The second-order valence-corrected chi connectivity index (χ2v) is 9.17. The van der Waals surface area contributed by atoms with Crippen molar-refractivity contribution in [3.05, 3.63) is 66.0 Å². The van der Waals surface area contributed by atoms with Crippen molar-refractivity contribution in [1.29, 1.82) is 0 Å². The summed E-state index contributed by atoms with van der Waals surface area (Å²) in [6, 6.07) is 17.1. The summed E-state index contributed by atoms with van der Waals surface area (Å²) in [4.78, 5) is 37.7. The number of nitrogens with zero attached hydrogens (tertiary/aromatic N) is 3. The topological polar surface area (TPSA) is 89.5 Å². The number of nitrogens with one attached hydrogen (secondary N) is 1. The van der Waals surface area contributed by atoms with E-state index in [0.29, 0.717) is 51.7 Å². The quantitative estimate of drug-likeness (QED) is 0.631. The molecule has 7 nitrogen and oxygen atoms in total. The molecule has 172 valence electrons. The second-order valence-electron chi connectivity index (χ2n) is 9.17. The summed E-state index contributed by atoms with van der Waals surface area (Å²) in [5.74, 6) is 0.812. The average molecular weight is 447 g/mol. The van der Waals surface area contributed by atoms with Gasteiger partial charge in [-0.1, -0.05) is 42.5 Å². The van der Waals surface area contributed by atoms with Gasteiger partial charge in [0.15, 0.2) is 0 Å². The van der Waals surface area contributed by atoms with Crippen molar-refractivity contribution in [3.8, 4) is 0 Å². The first-order valence-corrected chi connectivity index (χ1v) is 11.8. The number of carbonyl (C=O) groups is 2. The van der Waals surface area contributed by atoms with Crippen molar-refractivity contribution in [1.82, 2.24) is 19.8 Å². The molecule has 0 aliphatic carbocycles. The van der Waals surface area contributed by atoms with E-state index in [9.17, 15) is 14.7 Å². The Morgan fingerprint density at radius 2 is 1.76 bits per heavy atom. The highest BCUT2D eigenvalue weighted by Crippen LogP contribution is 2.33. The summed E-state index contributed by atoms with van der Waals surface area (Å²) < 4.78 is 0. The third kappa shape index (κ3) is 4.37. The highest BCUT2D eigenvalue weighted by Gasteiger charge is 2.40. The monoisotopic (exact) mass is 446 g/mol. The van der Waals surface area contributed by atoms with Crippen LogP contribution in [0.4, 0.5) is 0 Å². The largest absolute Gasteiger partial charge is 0.385 e. The van der Waals surface area contributed by atoms with E-state index < -0.39 is 11.6 Å². The van der Waals surface area contributed by atoms with E-state index in [1.54, 1.807) is 4.90 Å². The van der Waals surface area contributed by atoms with Crippen LogP contribution in [0.2, 0.25) is 0 Å². The van der Waals surface area contributed by atoms with Gasteiger partial charge in [-0.05, 0) is 43.4 Å². The maximum atomic E-state index is 13.3. The molecule has 5 rings (SSSR count). The molecule has 1 atom stereocenters. The van der Waals surface area contributed by atoms with Gasteiger partial charge in [0.2, 0.25) is 11.8 Å². The highest BCUT2D eigenvalue weighted by atomic mass is 16.3. The predicted molar refractivity (Wildman–Crippen MR) is 125 cm³/mol. The number of aliphatic hydroxyl groups is 1. The standard InChI is InChI=1S/C26H30N4O3/c31-24(13-12-23-27-20-9-4-5-10-21(20)28-23)30-16-6-11-22(30)25(32)29-17-14-26(33,15-18-29)19-7-2-1-3-8-19/h1-5,7-10,22,33H,6,11-18H2,(H,27,28)/t22-/m0/s1. The fourth-order valence-electron chi connectivity index (χ4n) is 5.16. The summed E-state index contributed by atoms with van der Waals surface area (Å²) in [6.07, 6.45) is 3.42. The van der Waals surface area contributed by atoms with E-state index in [-0.39, 0.29) is 11.8 Å². The number of rotatable bonds is 5. The second kappa shape index (κ2) is 8.98. The number of aromatic nitrogens is 2. The van der Waals surface area contributed by atoms with Gasteiger partial charge in [0.05, 0.1) is 16.6 Å². The number of imidazole rings is 1. The maximum Gasteiger partial charge on any atom is 0.245 e. The average Bonchev–Trinajstić information content (AvgIpc) is 3.50. The van der Waals surface area contributed by atoms with Gasteiger partial charge in [0.25, 0.3) is 0 Å². The van der Waals surface area contributed by atoms with Gasteiger partial charge in [-0.25, -0.2) is 4.98 Å². The van der Waals surface area contributed by atoms with Crippen molar-refractivity contribution >= 4 is 22.8 Å². The van der Waals surface area contributed by atoms with Crippen LogP contribution in [-0.4, -0.2) is 62.4 Å². The number of benzene rings is 2. The third-order valence-corrected chi connectivity index (χ3v) is 7.09. The third-order valence-electron chi connectivity index (χ3n) is 7.09. The molecule has 2 aliphatic heterocycles. The summed E-state index contributed by atoms with van der Waals surface area (Å²) >= 11 is 0. The maximum absolute atomic E-state index is 13.3. The summed E-state index contributed by atoms with van der Waals surface area (Å²) in [5.41, 5.74) is 1.88. The summed E-state index contributed by atoms with van der Waals surface area (Å²) in [5, 5.41) is 11.1.